The summed E-state index contributed by atoms with van der Waals surface area (Å²) in [5, 5.41) is 5.94. The van der Waals surface area contributed by atoms with Crippen molar-refractivity contribution in [2.75, 3.05) is 39.8 Å². The number of guanidine groups is 1. The van der Waals surface area contributed by atoms with Gasteiger partial charge in [0.1, 0.15) is 0 Å². The molecule has 3 aliphatic rings. The molecule has 3 fully saturated rings. The fraction of sp³-hybridized carbons (Fsp3) is 0.737. The van der Waals surface area contributed by atoms with E-state index in [1.165, 1.54) is 11.3 Å². The Balaban J connectivity index is 0.00000196. The van der Waals surface area contributed by atoms with Crippen LogP contribution in [0.1, 0.15) is 25.1 Å². The summed E-state index contributed by atoms with van der Waals surface area (Å²) in [6, 6.07) is 4.85. The van der Waals surface area contributed by atoms with Gasteiger partial charge in [0.15, 0.2) is 5.96 Å². The molecule has 1 aliphatic carbocycles. The molecule has 5 nitrogen and oxygen atoms in total. The fourth-order valence-corrected chi connectivity index (χ4v) is 5.54. The Bertz CT molecular complexity index is 613. The smallest absolute Gasteiger partial charge is 0.193 e. The van der Waals surface area contributed by atoms with Crippen LogP contribution in [0.4, 0.5) is 0 Å². The first-order chi connectivity index (χ1) is 12.1. The van der Waals surface area contributed by atoms with E-state index in [2.05, 4.69) is 51.5 Å². The van der Waals surface area contributed by atoms with Crippen LogP contribution < -0.4 is 5.32 Å². The third-order valence-corrected chi connectivity index (χ3v) is 7.09. The molecule has 1 aromatic heterocycles. The minimum atomic E-state index is 0. The molecule has 2 saturated heterocycles. The van der Waals surface area contributed by atoms with Crippen LogP contribution in [0.2, 0.25) is 0 Å². The molecular weight excluding hydrogens is 459 g/mol. The van der Waals surface area contributed by atoms with Crippen molar-refractivity contribution in [2.24, 2.45) is 16.3 Å². The minimum absolute atomic E-state index is 0. The van der Waals surface area contributed by atoms with Crippen LogP contribution in [0.25, 0.3) is 0 Å². The molecule has 1 saturated carbocycles. The number of hydrogen-bond acceptors (Lipinski definition) is 4. The highest BCUT2D eigenvalue weighted by Crippen LogP contribution is 2.52. The second-order valence-electron chi connectivity index (χ2n) is 8.08. The summed E-state index contributed by atoms with van der Waals surface area (Å²) in [6.07, 6.45) is 1.60. The molecule has 0 bridgehead atoms. The molecule has 146 valence electrons. The number of nitrogens with one attached hydrogen (secondary N) is 1. The van der Waals surface area contributed by atoms with Gasteiger partial charge in [0.2, 0.25) is 0 Å². The van der Waals surface area contributed by atoms with Crippen molar-refractivity contribution in [2.45, 2.75) is 39.0 Å². The van der Waals surface area contributed by atoms with Crippen LogP contribution in [0.5, 0.6) is 0 Å². The van der Waals surface area contributed by atoms with E-state index >= 15 is 0 Å². The van der Waals surface area contributed by atoms with E-state index in [0.717, 1.165) is 45.3 Å². The van der Waals surface area contributed by atoms with E-state index in [0.29, 0.717) is 18.1 Å². The normalized spacial score (nSPS) is 31.1. The summed E-state index contributed by atoms with van der Waals surface area (Å²) in [4.78, 5) is 11.0. The van der Waals surface area contributed by atoms with Crippen LogP contribution in [-0.2, 0) is 11.3 Å². The molecule has 1 N–H and O–H groups in total. The molecule has 0 radical (unpaired) electrons. The lowest BCUT2D eigenvalue weighted by molar-refractivity contribution is -0.107. The molecule has 3 heterocycles. The second-order valence-corrected chi connectivity index (χ2v) is 9.11. The summed E-state index contributed by atoms with van der Waals surface area (Å²) < 4.78 is 5.92. The maximum atomic E-state index is 5.92. The molecule has 7 heteroatoms. The van der Waals surface area contributed by atoms with Crippen molar-refractivity contribution in [3.05, 3.63) is 22.4 Å². The largest absolute Gasteiger partial charge is 0.377 e. The fourth-order valence-electron chi connectivity index (χ4n) is 4.79. The summed E-state index contributed by atoms with van der Waals surface area (Å²) in [6.45, 7) is 10.9. The van der Waals surface area contributed by atoms with E-state index in [4.69, 9.17) is 4.74 Å². The van der Waals surface area contributed by atoms with Gasteiger partial charge in [-0.3, -0.25) is 9.89 Å². The number of thiophene rings is 1. The van der Waals surface area contributed by atoms with Gasteiger partial charge in [-0.15, -0.1) is 35.3 Å². The van der Waals surface area contributed by atoms with Crippen molar-refractivity contribution in [1.82, 2.24) is 15.1 Å². The predicted octanol–water partition coefficient (Wildman–Crippen LogP) is 2.87. The Kier molecular flexibility index (Phi) is 6.52. The minimum Gasteiger partial charge on any atom is -0.377 e. The molecule has 0 amide bonds. The molecule has 2 aliphatic heterocycles. The summed E-state index contributed by atoms with van der Waals surface area (Å²) in [5.41, 5.74) is 0.193. The zero-order valence-corrected chi connectivity index (χ0v) is 19.1. The Hall–Kier alpha value is -0.380. The lowest BCUT2D eigenvalue weighted by Gasteiger charge is -2.55. The van der Waals surface area contributed by atoms with Crippen molar-refractivity contribution in [1.29, 1.82) is 0 Å². The standard InChI is InChI=1S/C19H30N4OS.HI/c1-19(2)16(15-6-11-24-17(15)19)21-18(20-3)23-9-7-22(8-10-23)13-14-5-4-12-25-14;/h4-5,12,15-17H,6-11,13H2,1-3H3,(H,20,21);1H. The number of rotatable bonds is 3. The summed E-state index contributed by atoms with van der Waals surface area (Å²) in [7, 11) is 1.91. The zero-order chi connectivity index (χ0) is 17.4. The third-order valence-electron chi connectivity index (χ3n) is 6.23. The lowest BCUT2D eigenvalue weighted by Crippen LogP contribution is -2.68. The number of fused-ring (bicyclic) bond motifs is 1. The molecule has 3 unspecified atom stereocenters. The van der Waals surface area contributed by atoms with E-state index in [1.807, 2.05) is 18.4 Å². The SMILES string of the molecule is CN=C(NC1C2CCOC2C1(C)C)N1CCN(Cc2cccs2)CC1.I. The van der Waals surface area contributed by atoms with Gasteiger partial charge in [0.05, 0.1) is 6.10 Å². The highest BCUT2D eigenvalue weighted by atomic mass is 127. The lowest BCUT2D eigenvalue weighted by atomic mass is 9.57. The maximum absolute atomic E-state index is 5.92. The van der Waals surface area contributed by atoms with E-state index in [1.54, 1.807) is 0 Å². The average molecular weight is 490 g/mol. The number of halogens is 1. The Labute approximate surface area is 178 Å². The van der Waals surface area contributed by atoms with Crippen LogP contribution >= 0.6 is 35.3 Å². The van der Waals surface area contributed by atoms with E-state index in [-0.39, 0.29) is 29.4 Å². The van der Waals surface area contributed by atoms with Gasteiger partial charge in [-0.1, -0.05) is 19.9 Å². The van der Waals surface area contributed by atoms with Crippen molar-refractivity contribution >= 4 is 41.3 Å². The number of ether oxygens (including phenoxy) is 1. The number of aliphatic imine (C=N–C) groups is 1. The summed E-state index contributed by atoms with van der Waals surface area (Å²) >= 11 is 1.85. The molecule has 0 aromatic carbocycles. The Morgan fingerprint density at radius 1 is 1.35 bits per heavy atom. The highest BCUT2D eigenvalue weighted by Gasteiger charge is 2.59. The number of piperazine rings is 1. The molecular formula is C19H31IN4OS. The number of nitrogens with zero attached hydrogens (tertiary/aromatic N) is 3. The van der Waals surface area contributed by atoms with Gasteiger partial charge < -0.3 is 15.0 Å². The quantitative estimate of drug-likeness (QED) is 0.402. The van der Waals surface area contributed by atoms with Gasteiger partial charge in [0.25, 0.3) is 0 Å². The van der Waals surface area contributed by atoms with Crippen molar-refractivity contribution < 1.29 is 4.74 Å². The van der Waals surface area contributed by atoms with Crippen molar-refractivity contribution in [3.8, 4) is 0 Å². The van der Waals surface area contributed by atoms with Crippen molar-refractivity contribution in [3.63, 3.8) is 0 Å². The molecule has 3 atom stereocenters. The first-order valence-corrected chi connectivity index (χ1v) is 10.3. The predicted molar refractivity (Wildman–Crippen MR) is 118 cm³/mol. The Morgan fingerprint density at radius 3 is 2.77 bits per heavy atom. The zero-order valence-electron chi connectivity index (χ0n) is 16.0. The van der Waals surface area contributed by atoms with E-state index in [9.17, 15) is 0 Å². The molecule has 0 spiro atoms. The van der Waals surface area contributed by atoms with Gasteiger partial charge >= 0.3 is 0 Å². The van der Waals surface area contributed by atoms with Crippen LogP contribution in [0, 0.1) is 11.3 Å². The number of hydrogen-bond donors (Lipinski definition) is 1. The van der Waals surface area contributed by atoms with E-state index < -0.39 is 0 Å². The first-order valence-electron chi connectivity index (χ1n) is 9.44. The molecule has 4 rings (SSSR count). The van der Waals surface area contributed by atoms with Gasteiger partial charge in [-0.2, -0.15) is 0 Å². The van der Waals surface area contributed by atoms with Crippen LogP contribution in [0.15, 0.2) is 22.5 Å². The Morgan fingerprint density at radius 2 is 2.12 bits per heavy atom. The monoisotopic (exact) mass is 490 g/mol. The van der Waals surface area contributed by atoms with Gasteiger partial charge in [-0.05, 0) is 17.9 Å². The third kappa shape index (κ3) is 3.77. The molecule has 26 heavy (non-hydrogen) atoms. The summed E-state index contributed by atoms with van der Waals surface area (Å²) in [5.74, 6) is 1.71. The highest BCUT2D eigenvalue weighted by molar-refractivity contribution is 14.0. The van der Waals surface area contributed by atoms with Gasteiger partial charge in [-0.25, -0.2) is 0 Å². The second kappa shape index (κ2) is 8.32. The average Bonchev–Trinajstić information content (AvgIpc) is 3.27. The maximum Gasteiger partial charge on any atom is 0.193 e. The van der Waals surface area contributed by atoms with Gasteiger partial charge in [0, 0.05) is 68.6 Å². The molecule has 1 aromatic rings. The first kappa shape index (κ1) is 20.4. The van der Waals surface area contributed by atoms with Crippen LogP contribution in [0.3, 0.4) is 0 Å². The van der Waals surface area contributed by atoms with Crippen LogP contribution in [-0.4, -0.2) is 67.7 Å². The topological polar surface area (TPSA) is 40.1 Å².